The molecule has 0 amide bonds. The number of piperidine rings is 1. The zero-order valence-corrected chi connectivity index (χ0v) is 11.7. The fraction of sp³-hybridized carbons (Fsp3) is 0.647. The molecule has 1 aromatic carbocycles. The predicted molar refractivity (Wildman–Crippen MR) is 76.5 cm³/mol. The van der Waals surface area contributed by atoms with E-state index >= 15 is 0 Å². The Labute approximate surface area is 115 Å². The highest BCUT2D eigenvalue weighted by atomic mass is 16.3. The zero-order valence-electron chi connectivity index (χ0n) is 11.7. The van der Waals surface area contributed by atoms with Crippen molar-refractivity contribution in [3.63, 3.8) is 0 Å². The minimum atomic E-state index is 0.377. The second-order valence-corrected chi connectivity index (χ2v) is 6.85. The molecule has 2 fully saturated rings. The molecule has 0 radical (unpaired) electrons. The first-order chi connectivity index (χ1) is 9.21. The van der Waals surface area contributed by atoms with Crippen LogP contribution in [0.4, 0.5) is 0 Å². The molecule has 2 heteroatoms. The molecular weight excluding hydrogens is 234 g/mol. The van der Waals surface area contributed by atoms with Gasteiger partial charge < -0.3 is 10.0 Å². The summed E-state index contributed by atoms with van der Waals surface area (Å²) < 4.78 is 0. The molecule has 3 atom stereocenters. The van der Waals surface area contributed by atoms with Crippen LogP contribution in [0.25, 0.3) is 0 Å². The van der Waals surface area contributed by atoms with Crippen LogP contribution in [-0.2, 0) is 11.8 Å². The molecule has 1 saturated carbocycles. The highest BCUT2D eigenvalue weighted by Crippen LogP contribution is 2.55. The van der Waals surface area contributed by atoms with Crippen LogP contribution in [0.15, 0.2) is 18.2 Å². The summed E-state index contributed by atoms with van der Waals surface area (Å²) in [6, 6.07) is 6.85. The van der Waals surface area contributed by atoms with Crippen molar-refractivity contribution >= 4 is 0 Å². The highest BCUT2D eigenvalue weighted by molar-refractivity contribution is 5.45. The van der Waals surface area contributed by atoms with Crippen molar-refractivity contribution in [1.82, 2.24) is 4.90 Å². The summed E-state index contributed by atoms with van der Waals surface area (Å²) in [5.74, 6) is 1.27. The monoisotopic (exact) mass is 257 g/mol. The number of likely N-dealkylation sites (N-methyl/N-ethyl adjacent to an activating group) is 1. The van der Waals surface area contributed by atoms with E-state index in [1.807, 2.05) is 6.07 Å². The Hall–Kier alpha value is -1.02. The van der Waals surface area contributed by atoms with Crippen LogP contribution in [0.2, 0.25) is 0 Å². The lowest BCUT2D eigenvalue weighted by molar-refractivity contribution is 0.00274. The van der Waals surface area contributed by atoms with E-state index in [1.54, 1.807) is 0 Å². The molecule has 2 bridgehead atoms. The SMILES string of the molecule is CN1CCC23CCCC[C@H]2C1Cc1ccc(O)cc13. The van der Waals surface area contributed by atoms with E-state index in [-0.39, 0.29) is 0 Å². The Kier molecular flexibility index (Phi) is 2.47. The predicted octanol–water partition coefficient (Wildman–Crippen LogP) is 3.08. The summed E-state index contributed by atoms with van der Waals surface area (Å²) in [6.07, 6.45) is 7.93. The third-order valence-corrected chi connectivity index (χ3v) is 6.10. The molecule has 1 heterocycles. The van der Waals surface area contributed by atoms with E-state index in [1.165, 1.54) is 56.2 Å². The minimum absolute atomic E-state index is 0.377. The Morgan fingerprint density at radius 1 is 1.26 bits per heavy atom. The Bertz CT molecular complexity index is 512. The average Bonchev–Trinajstić information content (AvgIpc) is 2.43. The van der Waals surface area contributed by atoms with Crippen LogP contribution in [0.5, 0.6) is 5.75 Å². The fourth-order valence-electron chi connectivity index (χ4n) is 5.18. The number of aromatic hydroxyl groups is 1. The van der Waals surface area contributed by atoms with Gasteiger partial charge in [0.05, 0.1) is 0 Å². The molecule has 0 aromatic heterocycles. The first-order valence-corrected chi connectivity index (χ1v) is 7.73. The van der Waals surface area contributed by atoms with E-state index in [0.717, 1.165) is 12.0 Å². The molecule has 1 saturated heterocycles. The molecule has 2 aliphatic carbocycles. The van der Waals surface area contributed by atoms with E-state index in [2.05, 4.69) is 24.1 Å². The molecule has 102 valence electrons. The van der Waals surface area contributed by atoms with Gasteiger partial charge in [0.2, 0.25) is 0 Å². The van der Waals surface area contributed by atoms with Crippen LogP contribution >= 0.6 is 0 Å². The van der Waals surface area contributed by atoms with Crippen molar-refractivity contribution in [3.8, 4) is 5.75 Å². The van der Waals surface area contributed by atoms with Crippen LogP contribution in [0.3, 0.4) is 0 Å². The lowest BCUT2D eigenvalue weighted by Crippen LogP contribution is -2.59. The molecule has 2 nitrogen and oxygen atoms in total. The second kappa shape index (κ2) is 3.99. The molecule has 19 heavy (non-hydrogen) atoms. The molecule has 1 aromatic rings. The van der Waals surface area contributed by atoms with Gasteiger partial charge in [-0.25, -0.2) is 0 Å². The van der Waals surface area contributed by atoms with Gasteiger partial charge in [-0.1, -0.05) is 18.9 Å². The van der Waals surface area contributed by atoms with Gasteiger partial charge in [-0.3, -0.25) is 0 Å². The summed E-state index contributed by atoms with van der Waals surface area (Å²) in [4.78, 5) is 2.59. The van der Waals surface area contributed by atoms with Gasteiger partial charge >= 0.3 is 0 Å². The number of hydrogen-bond donors (Lipinski definition) is 1. The zero-order chi connectivity index (χ0) is 13.0. The van der Waals surface area contributed by atoms with Gasteiger partial charge in [-0.05, 0) is 68.5 Å². The number of phenols is 1. The first-order valence-electron chi connectivity index (χ1n) is 7.73. The maximum absolute atomic E-state index is 9.91. The number of likely N-dealkylation sites (tertiary alicyclic amines) is 1. The molecule has 4 rings (SSSR count). The van der Waals surface area contributed by atoms with Crippen LogP contribution in [-0.4, -0.2) is 29.6 Å². The number of fused-ring (bicyclic) bond motifs is 1. The van der Waals surface area contributed by atoms with Crippen molar-refractivity contribution in [2.24, 2.45) is 5.92 Å². The minimum Gasteiger partial charge on any atom is -0.508 e. The van der Waals surface area contributed by atoms with Crippen molar-refractivity contribution in [2.45, 2.75) is 50.0 Å². The summed E-state index contributed by atoms with van der Waals surface area (Å²) >= 11 is 0. The normalized spacial score (nSPS) is 37.5. The quantitative estimate of drug-likeness (QED) is 0.772. The summed E-state index contributed by atoms with van der Waals surface area (Å²) in [5, 5.41) is 9.91. The molecular formula is C17H23NO. The van der Waals surface area contributed by atoms with E-state index in [4.69, 9.17) is 0 Å². The van der Waals surface area contributed by atoms with E-state index < -0.39 is 0 Å². The van der Waals surface area contributed by atoms with Crippen molar-refractivity contribution in [2.75, 3.05) is 13.6 Å². The Morgan fingerprint density at radius 2 is 2.16 bits per heavy atom. The van der Waals surface area contributed by atoms with Gasteiger partial charge in [0.1, 0.15) is 5.75 Å². The second-order valence-electron chi connectivity index (χ2n) is 6.85. The molecule has 3 aliphatic rings. The Morgan fingerprint density at radius 3 is 3.05 bits per heavy atom. The summed E-state index contributed by atoms with van der Waals surface area (Å²) in [7, 11) is 2.30. The van der Waals surface area contributed by atoms with Crippen molar-refractivity contribution in [1.29, 1.82) is 0 Å². The third-order valence-electron chi connectivity index (χ3n) is 6.10. The average molecular weight is 257 g/mol. The fourth-order valence-corrected chi connectivity index (χ4v) is 5.18. The Balaban J connectivity index is 1.90. The number of rotatable bonds is 0. The van der Waals surface area contributed by atoms with Crippen molar-refractivity contribution < 1.29 is 5.11 Å². The largest absolute Gasteiger partial charge is 0.508 e. The van der Waals surface area contributed by atoms with Gasteiger partial charge in [-0.15, -0.1) is 0 Å². The number of benzene rings is 1. The highest BCUT2D eigenvalue weighted by Gasteiger charge is 2.52. The van der Waals surface area contributed by atoms with E-state index in [9.17, 15) is 5.11 Å². The third kappa shape index (κ3) is 1.53. The van der Waals surface area contributed by atoms with Crippen molar-refractivity contribution in [3.05, 3.63) is 29.3 Å². The summed E-state index contributed by atoms with van der Waals surface area (Å²) in [6.45, 7) is 1.22. The number of hydrogen-bond acceptors (Lipinski definition) is 2. The number of phenolic OH excluding ortho intramolecular Hbond substituents is 1. The first kappa shape index (κ1) is 11.8. The maximum atomic E-state index is 9.91. The number of nitrogens with zero attached hydrogens (tertiary/aromatic N) is 1. The lowest BCUT2D eigenvalue weighted by Gasteiger charge is -2.58. The molecule has 2 unspecified atom stereocenters. The van der Waals surface area contributed by atoms with Gasteiger partial charge in [0.25, 0.3) is 0 Å². The standard InChI is InChI=1S/C17H23NO/c1-18-9-8-17-7-3-2-4-14(17)16(18)10-12-5-6-13(19)11-15(12)17/h5-6,11,14,16,19H,2-4,7-10H2,1H3/t14-,16?,17?/m0/s1. The van der Waals surface area contributed by atoms with Crippen LogP contribution < -0.4 is 0 Å². The van der Waals surface area contributed by atoms with Gasteiger partial charge in [0, 0.05) is 11.5 Å². The van der Waals surface area contributed by atoms with Crippen LogP contribution in [0.1, 0.15) is 43.2 Å². The maximum Gasteiger partial charge on any atom is 0.115 e. The molecule has 1 N–H and O–H groups in total. The molecule has 1 aliphatic heterocycles. The summed E-state index contributed by atoms with van der Waals surface area (Å²) in [5.41, 5.74) is 3.36. The molecule has 0 spiro atoms. The van der Waals surface area contributed by atoms with Gasteiger partial charge in [0.15, 0.2) is 0 Å². The van der Waals surface area contributed by atoms with Gasteiger partial charge in [-0.2, -0.15) is 0 Å². The smallest absolute Gasteiger partial charge is 0.115 e. The van der Waals surface area contributed by atoms with E-state index in [0.29, 0.717) is 11.2 Å². The topological polar surface area (TPSA) is 23.5 Å². The lowest BCUT2D eigenvalue weighted by atomic mass is 9.52. The van der Waals surface area contributed by atoms with Crippen LogP contribution in [0, 0.1) is 5.92 Å².